The van der Waals surface area contributed by atoms with E-state index in [1.165, 1.54) is 23.4 Å². The van der Waals surface area contributed by atoms with Gasteiger partial charge in [-0.25, -0.2) is 9.97 Å². The average molecular weight is 281 g/mol. The Balaban J connectivity index is 1.72. The van der Waals surface area contributed by atoms with Gasteiger partial charge in [0, 0.05) is 24.0 Å². The number of aryl methyl sites for hydroxylation is 1. The van der Waals surface area contributed by atoms with Gasteiger partial charge >= 0.3 is 0 Å². The Labute approximate surface area is 121 Å². The summed E-state index contributed by atoms with van der Waals surface area (Å²) < 4.78 is 1.96. The van der Waals surface area contributed by atoms with E-state index in [-0.39, 0.29) is 5.41 Å². The molecule has 4 heteroatoms. The predicted octanol–water partition coefficient (Wildman–Crippen LogP) is 3.62. The summed E-state index contributed by atoms with van der Waals surface area (Å²) in [7, 11) is 1.98. The Morgan fingerprint density at radius 3 is 2.60 bits per heavy atom. The van der Waals surface area contributed by atoms with Crippen LogP contribution in [0.1, 0.15) is 23.4 Å². The van der Waals surface area contributed by atoms with E-state index in [9.17, 15) is 0 Å². The normalized spacial score (nSPS) is 16.2. The fourth-order valence-electron chi connectivity index (χ4n) is 2.66. The fourth-order valence-corrected chi connectivity index (χ4v) is 3.76. The lowest BCUT2D eigenvalue weighted by Crippen LogP contribution is -2.07. The summed E-state index contributed by atoms with van der Waals surface area (Å²) in [6, 6.07) is 10.7. The Bertz CT molecular complexity index is 738. The number of aromatic nitrogens is 3. The third-order valence-electron chi connectivity index (χ3n) is 3.96. The molecule has 20 heavy (non-hydrogen) atoms. The molecule has 0 aliphatic heterocycles. The molecule has 1 aromatic carbocycles. The molecule has 0 N–H and O–H groups in total. The van der Waals surface area contributed by atoms with Crippen molar-refractivity contribution in [1.29, 1.82) is 0 Å². The minimum Gasteiger partial charge on any atom is -0.340 e. The second-order valence-electron chi connectivity index (χ2n) is 5.41. The van der Waals surface area contributed by atoms with Crippen molar-refractivity contribution in [3.8, 4) is 11.4 Å². The molecule has 0 atom stereocenters. The first kappa shape index (κ1) is 11.9. The summed E-state index contributed by atoms with van der Waals surface area (Å²) in [5.41, 5.74) is 3.51. The van der Waals surface area contributed by atoms with Gasteiger partial charge in [0.15, 0.2) is 0 Å². The second kappa shape index (κ2) is 4.28. The van der Waals surface area contributed by atoms with Crippen molar-refractivity contribution < 1.29 is 0 Å². The number of hydrogen-bond acceptors (Lipinski definition) is 3. The van der Waals surface area contributed by atoms with Gasteiger partial charge in [0.2, 0.25) is 0 Å². The molecule has 1 saturated carbocycles. The molecular formula is C16H15N3S. The van der Waals surface area contributed by atoms with Crippen molar-refractivity contribution >= 4 is 11.3 Å². The molecule has 2 aromatic heterocycles. The lowest BCUT2D eigenvalue weighted by molar-refractivity contribution is 0.834. The lowest BCUT2D eigenvalue weighted by atomic mass is 9.97. The van der Waals surface area contributed by atoms with Crippen LogP contribution in [0.4, 0.5) is 0 Å². The van der Waals surface area contributed by atoms with Crippen molar-refractivity contribution in [2.24, 2.45) is 7.05 Å². The fraction of sp³-hybridized carbons (Fsp3) is 0.250. The molecule has 2 heterocycles. The monoisotopic (exact) mass is 281 g/mol. The maximum absolute atomic E-state index is 4.85. The van der Waals surface area contributed by atoms with Crippen LogP contribution in [0.25, 0.3) is 11.4 Å². The van der Waals surface area contributed by atoms with Gasteiger partial charge in [-0.05, 0) is 18.4 Å². The van der Waals surface area contributed by atoms with Crippen LogP contribution in [0.3, 0.4) is 0 Å². The molecule has 100 valence electrons. The van der Waals surface area contributed by atoms with Crippen molar-refractivity contribution in [1.82, 2.24) is 14.5 Å². The summed E-state index contributed by atoms with van der Waals surface area (Å²) >= 11 is 1.76. The summed E-state index contributed by atoms with van der Waals surface area (Å²) in [6.45, 7) is 0. The molecule has 0 spiro atoms. The van der Waals surface area contributed by atoms with Crippen LogP contribution in [-0.2, 0) is 12.5 Å². The highest BCUT2D eigenvalue weighted by molar-refractivity contribution is 7.10. The maximum Gasteiger partial charge on any atom is 0.107 e. The van der Waals surface area contributed by atoms with E-state index in [4.69, 9.17) is 4.98 Å². The highest BCUT2D eigenvalue weighted by Crippen LogP contribution is 2.54. The molecule has 0 unspecified atom stereocenters. The van der Waals surface area contributed by atoms with E-state index in [2.05, 4.69) is 40.7 Å². The zero-order valence-electron chi connectivity index (χ0n) is 11.3. The number of benzene rings is 1. The van der Waals surface area contributed by atoms with E-state index in [0.717, 1.165) is 11.4 Å². The second-order valence-corrected chi connectivity index (χ2v) is 6.27. The molecule has 0 saturated heterocycles. The van der Waals surface area contributed by atoms with Crippen LogP contribution in [0.5, 0.6) is 0 Å². The quantitative estimate of drug-likeness (QED) is 0.734. The Hall–Kier alpha value is -1.94. The maximum atomic E-state index is 4.85. The molecule has 3 nitrogen and oxygen atoms in total. The molecular weight excluding hydrogens is 266 g/mol. The molecule has 0 radical (unpaired) electrons. The van der Waals surface area contributed by atoms with Crippen molar-refractivity contribution in [3.05, 3.63) is 58.8 Å². The highest BCUT2D eigenvalue weighted by atomic mass is 32.1. The van der Waals surface area contributed by atoms with Gasteiger partial charge < -0.3 is 4.57 Å². The Morgan fingerprint density at radius 1 is 1.15 bits per heavy atom. The molecule has 3 aromatic rings. The SMILES string of the molecule is Cn1cnc(-c2csc(C3(c4ccccc4)CC3)n2)c1. The van der Waals surface area contributed by atoms with Gasteiger partial charge in [-0.2, -0.15) is 0 Å². The minimum absolute atomic E-state index is 0.166. The van der Waals surface area contributed by atoms with Crippen LogP contribution in [0, 0.1) is 0 Å². The molecule has 0 amide bonds. The van der Waals surface area contributed by atoms with Crippen molar-refractivity contribution in [2.45, 2.75) is 18.3 Å². The van der Waals surface area contributed by atoms with Gasteiger partial charge in [-0.15, -0.1) is 11.3 Å². The third-order valence-corrected chi connectivity index (χ3v) is 5.00. The lowest BCUT2D eigenvalue weighted by Gasteiger charge is -2.11. The van der Waals surface area contributed by atoms with Gasteiger partial charge in [-0.3, -0.25) is 0 Å². The molecule has 4 rings (SSSR count). The first-order valence-electron chi connectivity index (χ1n) is 6.78. The summed E-state index contributed by atoms with van der Waals surface area (Å²) in [5, 5.41) is 3.35. The number of imidazole rings is 1. The molecule has 1 aliphatic rings. The van der Waals surface area contributed by atoms with E-state index >= 15 is 0 Å². The average Bonchev–Trinajstić information content (AvgIpc) is 2.93. The van der Waals surface area contributed by atoms with E-state index in [0.29, 0.717) is 0 Å². The molecule has 0 bridgehead atoms. The number of thiazole rings is 1. The summed E-state index contributed by atoms with van der Waals surface area (Å²) in [4.78, 5) is 9.23. The Morgan fingerprint density at radius 2 is 1.95 bits per heavy atom. The van der Waals surface area contributed by atoms with Crippen LogP contribution in [-0.4, -0.2) is 14.5 Å². The van der Waals surface area contributed by atoms with Crippen LogP contribution < -0.4 is 0 Å². The number of rotatable bonds is 3. The largest absolute Gasteiger partial charge is 0.340 e. The molecule has 1 aliphatic carbocycles. The van der Waals surface area contributed by atoms with Crippen LogP contribution in [0.2, 0.25) is 0 Å². The standard InChI is InChI=1S/C16H15N3S/c1-19-9-13(17-11-19)14-10-20-15(18-14)16(7-8-16)12-5-3-2-4-6-12/h2-6,9-11H,7-8H2,1H3. The minimum atomic E-state index is 0.166. The van der Waals surface area contributed by atoms with Gasteiger partial charge in [0.1, 0.15) is 16.4 Å². The van der Waals surface area contributed by atoms with Gasteiger partial charge in [-0.1, -0.05) is 30.3 Å². The summed E-state index contributed by atoms with van der Waals surface area (Å²) in [5.74, 6) is 0. The third kappa shape index (κ3) is 1.79. The van der Waals surface area contributed by atoms with E-state index in [1.807, 2.05) is 24.1 Å². The van der Waals surface area contributed by atoms with Gasteiger partial charge in [0.25, 0.3) is 0 Å². The topological polar surface area (TPSA) is 30.7 Å². The Kier molecular flexibility index (Phi) is 2.54. The smallest absolute Gasteiger partial charge is 0.107 e. The first-order chi connectivity index (χ1) is 9.78. The number of nitrogens with zero attached hydrogens (tertiary/aromatic N) is 3. The van der Waals surface area contributed by atoms with E-state index < -0.39 is 0 Å². The van der Waals surface area contributed by atoms with Crippen LogP contribution in [0.15, 0.2) is 48.2 Å². The zero-order chi connectivity index (χ0) is 13.6. The van der Waals surface area contributed by atoms with Gasteiger partial charge in [0.05, 0.1) is 6.33 Å². The number of hydrogen-bond donors (Lipinski definition) is 0. The van der Waals surface area contributed by atoms with Crippen LogP contribution >= 0.6 is 11.3 Å². The first-order valence-corrected chi connectivity index (χ1v) is 7.66. The molecule has 1 fully saturated rings. The zero-order valence-corrected chi connectivity index (χ0v) is 12.1. The van der Waals surface area contributed by atoms with E-state index in [1.54, 1.807) is 11.3 Å². The summed E-state index contributed by atoms with van der Waals surface area (Å²) in [6.07, 6.45) is 6.23. The highest BCUT2D eigenvalue weighted by Gasteiger charge is 2.48. The van der Waals surface area contributed by atoms with Crippen molar-refractivity contribution in [3.63, 3.8) is 0 Å². The predicted molar refractivity (Wildman–Crippen MR) is 80.8 cm³/mol. The van der Waals surface area contributed by atoms with Crippen molar-refractivity contribution in [2.75, 3.05) is 0 Å².